The quantitative estimate of drug-likeness (QED) is 0.762. The fraction of sp³-hybridized carbons (Fsp3) is 0.188. The molecule has 0 unspecified atom stereocenters. The van der Waals surface area contributed by atoms with Crippen LogP contribution in [0.15, 0.2) is 45.3 Å². The largest absolute Gasteiger partial charge is 0.492 e. The van der Waals surface area contributed by atoms with E-state index in [0.29, 0.717) is 12.2 Å². The molecule has 0 saturated carbocycles. The van der Waals surface area contributed by atoms with Crippen LogP contribution in [0.5, 0.6) is 5.75 Å². The number of rotatable bonds is 3. The van der Waals surface area contributed by atoms with E-state index in [-0.39, 0.29) is 12.1 Å². The Labute approximate surface area is 145 Å². The van der Waals surface area contributed by atoms with E-state index in [1.54, 1.807) is 6.07 Å². The van der Waals surface area contributed by atoms with Gasteiger partial charge in [0.15, 0.2) is 0 Å². The average molecular weight is 426 g/mol. The van der Waals surface area contributed by atoms with Crippen molar-refractivity contribution < 1.29 is 9.53 Å². The number of hydrogen-bond acceptors (Lipinski definition) is 3. The van der Waals surface area contributed by atoms with Gasteiger partial charge in [0.2, 0.25) is 0 Å². The van der Waals surface area contributed by atoms with Crippen molar-refractivity contribution in [2.24, 2.45) is 0 Å². The third-order valence-corrected chi connectivity index (χ3v) is 4.43. The van der Waals surface area contributed by atoms with Crippen molar-refractivity contribution in [1.82, 2.24) is 5.32 Å². The van der Waals surface area contributed by atoms with E-state index < -0.39 is 0 Å². The van der Waals surface area contributed by atoms with Gasteiger partial charge in [-0.05, 0) is 47.1 Å². The van der Waals surface area contributed by atoms with E-state index in [4.69, 9.17) is 4.74 Å². The normalized spacial score (nSPS) is 16.5. The van der Waals surface area contributed by atoms with Crippen molar-refractivity contribution in [3.05, 3.63) is 56.5 Å². The molecule has 114 valence electrons. The first kappa shape index (κ1) is 15.4. The molecule has 0 fully saturated rings. The zero-order chi connectivity index (χ0) is 15.7. The highest BCUT2D eigenvalue weighted by atomic mass is 79.9. The van der Waals surface area contributed by atoms with Crippen LogP contribution in [0.4, 0.5) is 5.69 Å². The number of hydrogen-bond donors (Lipinski definition) is 2. The lowest BCUT2D eigenvalue weighted by Gasteiger charge is -2.29. The molecule has 0 spiro atoms. The maximum Gasteiger partial charge on any atom is 0.255 e. The van der Waals surface area contributed by atoms with Crippen LogP contribution < -0.4 is 15.4 Å². The molecule has 6 heteroatoms. The summed E-state index contributed by atoms with van der Waals surface area (Å²) in [6.45, 7) is 2.48. The van der Waals surface area contributed by atoms with Gasteiger partial charge in [-0.2, -0.15) is 0 Å². The highest BCUT2D eigenvalue weighted by molar-refractivity contribution is 9.11. The lowest BCUT2D eigenvalue weighted by Crippen LogP contribution is -2.38. The molecule has 2 aromatic carbocycles. The molecule has 0 aliphatic carbocycles. The summed E-state index contributed by atoms with van der Waals surface area (Å²) in [7, 11) is 0. The van der Waals surface area contributed by atoms with E-state index in [1.807, 2.05) is 37.3 Å². The summed E-state index contributed by atoms with van der Waals surface area (Å²) in [5.74, 6) is 0.626. The zero-order valence-corrected chi connectivity index (χ0v) is 15.0. The van der Waals surface area contributed by atoms with Gasteiger partial charge >= 0.3 is 0 Å². The minimum atomic E-state index is -0.349. The van der Waals surface area contributed by atoms with Gasteiger partial charge in [0, 0.05) is 15.7 Å². The average Bonchev–Trinajstić information content (AvgIpc) is 2.50. The number of fused-ring (bicyclic) bond motifs is 1. The zero-order valence-electron chi connectivity index (χ0n) is 11.8. The van der Waals surface area contributed by atoms with Crippen molar-refractivity contribution in [2.45, 2.75) is 13.1 Å². The summed E-state index contributed by atoms with van der Waals surface area (Å²) >= 11 is 7.00. The molecule has 1 heterocycles. The van der Waals surface area contributed by atoms with Crippen LogP contribution in [-0.4, -0.2) is 12.5 Å². The second-order valence-corrected chi connectivity index (χ2v) is 6.61. The Balaban J connectivity index is 2.04. The minimum absolute atomic E-state index is 0.0992. The molecule has 0 saturated heterocycles. The molecule has 2 N–H and O–H groups in total. The highest BCUT2D eigenvalue weighted by Gasteiger charge is 2.27. The SMILES string of the molecule is CCOc1c(Br)cc(Br)cc1[C@H]1NC(=O)c2ccccc2N1. The molecule has 1 atom stereocenters. The number of ether oxygens (including phenoxy) is 1. The smallest absolute Gasteiger partial charge is 0.255 e. The molecule has 0 aromatic heterocycles. The van der Waals surface area contributed by atoms with Crippen LogP contribution >= 0.6 is 31.9 Å². The molecule has 0 bridgehead atoms. The summed E-state index contributed by atoms with van der Waals surface area (Å²) in [4.78, 5) is 12.3. The molecule has 1 aliphatic rings. The van der Waals surface area contributed by atoms with Crippen LogP contribution in [0.1, 0.15) is 29.0 Å². The second kappa shape index (κ2) is 6.30. The van der Waals surface area contributed by atoms with Crippen molar-refractivity contribution in [3.8, 4) is 5.75 Å². The number of halogens is 2. The van der Waals surface area contributed by atoms with Gasteiger partial charge in [-0.3, -0.25) is 4.79 Å². The number of para-hydroxylation sites is 1. The van der Waals surface area contributed by atoms with Crippen molar-refractivity contribution >= 4 is 43.5 Å². The Kier molecular flexibility index (Phi) is 4.40. The van der Waals surface area contributed by atoms with Gasteiger partial charge < -0.3 is 15.4 Å². The Morgan fingerprint density at radius 1 is 1.18 bits per heavy atom. The first-order valence-electron chi connectivity index (χ1n) is 6.88. The Bertz CT molecular complexity index is 734. The summed E-state index contributed by atoms with van der Waals surface area (Å²) in [6, 6.07) is 11.3. The maximum absolute atomic E-state index is 12.3. The number of anilines is 1. The number of carbonyl (C=O) groups is 1. The molecule has 3 rings (SSSR count). The second-order valence-electron chi connectivity index (χ2n) is 4.84. The molecule has 0 radical (unpaired) electrons. The van der Waals surface area contributed by atoms with Crippen LogP contribution in [0.2, 0.25) is 0 Å². The lowest BCUT2D eigenvalue weighted by molar-refractivity contribution is 0.0935. The third kappa shape index (κ3) is 2.85. The van der Waals surface area contributed by atoms with Crippen molar-refractivity contribution in [1.29, 1.82) is 0 Å². The van der Waals surface area contributed by atoms with Gasteiger partial charge in [-0.25, -0.2) is 0 Å². The number of benzene rings is 2. The number of carbonyl (C=O) groups excluding carboxylic acids is 1. The Hall–Kier alpha value is -1.53. The van der Waals surface area contributed by atoms with Gasteiger partial charge in [0.25, 0.3) is 5.91 Å². The monoisotopic (exact) mass is 424 g/mol. The van der Waals surface area contributed by atoms with E-state index in [9.17, 15) is 4.79 Å². The van der Waals surface area contributed by atoms with Gasteiger partial charge in [0.05, 0.1) is 16.6 Å². The Morgan fingerprint density at radius 2 is 1.95 bits per heavy atom. The molecule has 2 aromatic rings. The molecule has 1 amide bonds. The lowest BCUT2D eigenvalue weighted by atomic mass is 10.1. The maximum atomic E-state index is 12.3. The summed E-state index contributed by atoms with van der Waals surface area (Å²) in [6.07, 6.45) is -0.349. The van der Waals surface area contributed by atoms with Gasteiger partial charge in [-0.15, -0.1) is 0 Å². The minimum Gasteiger partial charge on any atom is -0.492 e. The Morgan fingerprint density at radius 3 is 2.73 bits per heavy atom. The highest BCUT2D eigenvalue weighted by Crippen LogP contribution is 2.38. The predicted octanol–water partition coefficient (Wildman–Crippen LogP) is 4.46. The molecular weight excluding hydrogens is 412 g/mol. The van der Waals surface area contributed by atoms with Crippen LogP contribution in [-0.2, 0) is 0 Å². The summed E-state index contributed by atoms with van der Waals surface area (Å²) in [5, 5.41) is 6.31. The van der Waals surface area contributed by atoms with Gasteiger partial charge in [-0.1, -0.05) is 28.1 Å². The van der Waals surface area contributed by atoms with Crippen LogP contribution in [0.3, 0.4) is 0 Å². The molecule has 4 nitrogen and oxygen atoms in total. The first-order chi connectivity index (χ1) is 10.6. The van der Waals surface area contributed by atoms with Gasteiger partial charge in [0.1, 0.15) is 11.9 Å². The van der Waals surface area contributed by atoms with E-state index in [1.165, 1.54) is 0 Å². The number of nitrogens with one attached hydrogen (secondary N) is 2. The first-order valence-corrected chi connectivity index (χ1v) is 8.47. The predicted molar refractivity (Wildman–Crippen MR) is 93.3 cm³/mol. The van der Waals surface area contributed by atoms with E-state index in [2.05, 4.69) is 42.5 Å². The van der Waals surface area contributed by atoms with Crippen LogP contribution in [0, 0.1) is 0 Å². The van der Waals surface area contributed by atoms with Crippen molar-refractivity contribution in [3.63, 3.8) is 0 Å². The fourth-order valence-electron chi connectivity index (χ4n) is 2.45. The topological polar surface area (TPSA) is 50.4 Å². The molecular formula is C16H14Br2N2O2. The van der Waals surface area contributed by atoms with E-state index >= 15 is 0 Å². The van der Waals surface area contributed by atoms with Crippen LogP contribution in [0.25, 0.3) is 0 Å². The summed E-state index contributed by atoms with van der Waals surface area (Å²) in [5.41, 5.74) is 2.33. The fourth-order valence-corrected chi connectivity index (χ4v) is 3.83. The number of amides is 1. The molecule has 22 heavy (non-hydrogen) atoms. The third-order valence-electron chi connectivity index (χ3n) is 3.38. The van der Waals surface area contributed by atoms with Crippen molar-refractivity contribution in [2.75, 3.05) is 11.9 Å². The standard InChI is InChI=1S/C16H14Br2N2O2/c1-2-22-14-11(7-9(17)8-12(14)18)15-19-13-6-4-3-5-10(13)16(21)20-15/h3-8,15,19H,2H2,1H3,(H,20,21)/t15-/m1/s1. The molecule has 1 aliphatic heterocycles. The summed E-state index contributed by atoms with van der Waals surface area (Å²) < 4.78 is 7.49. The van der Waals surface area contributed by atoms with E-state index in [0.717, 1.165) is 25.9 Å².